The molecule has 3 rings (SSSR count). The second-order valence-electron chi connectivity index (χ2n) is 8.82. The van der Waals surface area contributed by atoms with Crippen LogP contribution >= 0.6 is 0 Å². The maximum absolute atomic E-state index is 13.0. The minimum Gasteiger partial charge on any atom is -0.459 e. The van der Waals surface area contributed by atoms with E-state index in [1.807, 2.05) is 24.8 Å². The molecule has 1 aliphatic rings. The average Bonchev–Trinajstić information content (AvgIpc) is 2.70. The molecule has 0 N–H and O–H groups in total. The fourth-order valence-corrected chi connectivity index (χ4v) is 4.71. The lowest BCUT2D eigenvalue weighted by Gasteiger charge is -2.34. The second kappa shape index (κ2) is 10.4. The highest BCUT2D eigenvalue weighted by Gasteiger charge is 2.31. The van der Waals surface area contributed by atoms with E-state index in [0.717, 1.165) is 24.8 Å². The van der Waals surface area contributed by atoms with E-state index in [-0.39, 0.29) is 34.1 Å². The second-order valence-corrected chi connectivity index (χ2v) is 10.3. The topological polar surface area (TPSA) is 90.0 Å². The first-order valence-electron chi connectivity index (χ1n) is 11.2. The van der Waals surface area contributed by atoms with Crippen molar-refractivity contribution in [1.82, 2.24) is 4.90 Å². The molecule has 0 bridgehead atoms. The van der Waals surface area contributed by atoms with Gasteiger partial charge in [-0.2, -0.15) is 8.42 Å². The maximum Gasteiger partial charge on any atom is 0.340 e. The third-order valence-electron chi connectivity index (χ3n) is 5.54. The number of benzene rings is 2. The number of ether oxygens (including phenoxy) is 1. The van der Waals surface area contributed by atoms with E-state index in [9.17, 15) is 18.0 Å². The van der Waals surface area contributed by atoms with Gasteiger partial charge in [-0.1, -0.05) is 30.7 Å². The molecule has 0 heterocycles. The number of carbonyl (C=O) groups excluding carboxylic acids is 2. The van der Waals surface area contributed by atoms with Gasteiger partial charge in [-0.3, -0.25) is 4.79 Å². The normalized spacial score (nSPS) is 14.1. The summed E-state index contributed by atoms with van der Waals surface area (Å²) in [6.07, 6.45) is 2.53. The molecule has 2 aromatic carbocycles. The number of hydrogen-bond donors (Lipinski definition) is 0. The fourth-order valence-electron chi connectivity index (χ4n) is 3.60. The van der Waals surface area contributed by atoms with Gasteiger partial charge in [0.05, 0.1) is 11.7 Å². The summed E-state index contributed by atoms with van der Waals surface area (Å²) in [6.45, 7) is 7.67. The quantitative estimate of drug-likeness (QED) is 0.392. The van der Waals surface area contributed by atoms with Crippen molar-refractivity contribution in [2.75, 3.05) is 0 Å². The lowest BCUT2D eigenvalue weighted by Crippen LogP contribution is -2.42. The molecule has 1 amide bonds. The van der Waals surface area contributed by atoms with Gasteiger partial charge in [-0.05, 0) is 70.4 Å². The maximum atomic E-state index is 13.0. The van der Waals surface area contributed by atoms with Crippen LogP contribution in [0, 0.1) is 5.92 Å². The van der Waals surface area contributed by atoms with Gasteiger partial charge in [0.25, 0.3) is 0 Å². The van der Waals surface area contributed by atoms with Gasteiger partial charge in [0.15, 0.2) is 0 Å². The summed E-state index contributed by atoms with van der Waals surface area (Å²) in [5, 5.41) is 0. The average molecular weight is 474 g/mol. The Morgan fingerprint density at radius 2 is 1.73 bits per heavy atom. The van der Waals surface area contributed by atoms with Crippen LogP contribution in [0.2, 0.25) is 0 Å². The van der Waals surface area contributed by atoms with E-state index < -0.39 is 22.2 Å². The number of hydrogen-bond acceptors (Lipinski definition) is 6. The summed E-state index contributed by atoms with van der Waals surface area (Å²) in [6, 6.07) is 12.5. The van der Waals surface area contributed by atoms with Crippen LogP contribution in [0.25, 0.3) is 0 Å². The number of rotatable bonds is 9. The van der Waals surface area contributed by atoms with Crippen LogP contribution < -0.4 is 4.18 Å². The number of nitrogens with zero attached hydrogens (tertiary/aromatic N) is 1. The van der Waals surface area contributed by atoms with Gasteiger partial charge in [-0.15, -0.1) is 0 Å². The first kappa shape index (κ1) is 24.8. The van der Waals surface area contributed by atoms with Crippen molar-refractivity contribution in [3.8, 4) is 5.75 Å². The van der Waals surface area contributed by atoms with Gasteiger partial charge in [0, 0.05) is 18.5 Å². The molecule has 0 saturated heterocycles. The monoisotopic (exact) mass is 473 g/mol. The molecule has 0 radical (unpaired) electrons. The Morgan fingerprint density at radius 3 is 2.33 bits per heavy atom. The molecular formula is C25H31NO6S. The Morgan fingerprint density at radius 1 is 1.03 bits per heavy atom. The van der Waals surface area contributed by atoms with Crippen molar-refractivity contribution < 1.29 is 26.9 Å². The summed E-state index contributed by atoms with van der Waals surface area (Å²) in [7, 11) is -4.29. The van der Waals surface area contributed by atoms with Crippen molar-refractivity contribution in [2.45, 2.75) is 70.5 Å². The van der Waals surface area contributed by atoms with Crippen molar-refractivity contribution in [3.63, 3.8) is 0 Å². The van der Waals surface area contributed by atoms with Crippen LogP contribution in [0.4, 0.5) is 0 Å². The predicted molar refractivity (Wildman–Crippen MR) is 124 cm³/mol. The first-order valence-corrected chi connectivity index (χ1v) is 12.6. The standard InChI is InChI=1S/C25H31NO6S/c1-17(2)26(24(27)20-10-8-11-20)16-19-9-7-12-21(15-19)32-33(29,30)23-14-6-5-13-22(23)25(28)31-18(3)4/h5-7,9,12-15,17-18,20H,8,10-11,16H2,1-4H3. The molecule has 33 heavy (non-hydrogen) atoms. The Balaban J connectivity index is 1.81. The molecule has 1 aliphatic carbocycles. The van der Waals surface area contributed by atoms with Crippen LogP contribution in [0.5, 0.6) is 5.75 Å². The van der Waals surface area contributed by atoms with Gasteiger partial charge in [0.2, 0.25) is 5.91 Å². The molecule has 0 aliphatic heterocycles. The largest absolute Gasteiger partial charge is 0.459 e. The number of amides is 1. The first-order chi connectivity index (χ1) is 15.6. The zero-order valence-electron chi connectivity index (χ0n) is 19.5. The minimum absolute atomic E-state index is 0.0188. The Bertz CT molecular complexity index is 1110. The number of carbonyl (C=O) groups is 2. The fraction of sp³-hybridized carbons (Fsp3) is 0.440. The molecule has 0 atom stereocenters. The summed E-state index contributed by atoms with van der Waals surface area (Å²) >= 11 is 0. The molecule has 0 unspecified atom stereocenters. The van der Waals surface area contributed by atoms with E-state index in [1.165, 1.54) is 24.3 Å². The molecule has 0 aromatic heterocycles. The van der Waals surface area contributed by atoms with Gasteiger partial charge in [-0.25, -0.2) is 4.79 Å². The van der Waals surface area contributed by atoms with Crippen molar-refractivity contribution >= 4 is 22.0 Å². The molecular weight excluding hydrogens is 442 g/mol. The molecule has 0 spiro atoms. The SMILES string of the molecule is CC(C)OC(=O)c1ccccc1S(=O)(=O)Oc1cccc(CN(C(=O)C2CCC2)C(C)C)c1. The van der Waals surface area contributed by atoms with Crippen molar-refractivity contribution in [1.29, 1.82) is 0 Å². The summed E-state index contributed by atoms with van der Waals surface area (Å²) in [5.74, 6) is -0.412. The van der Waals surface area contributed by atoms with Gasteiger partial charge in [0.1, 0.15) is 10.6 Å². The Labute approximate surface area is 195 Å². The molecule has 2 aromatic rings. The van der Waals surface area contributed by atoms with Crippen LogP contribution in [-0.4, -0.2) is 37.3 Å². The van der Waals surface area contributed by atoms with E-state index in [1.54, 1.807) is 32.0 Å². The summed E-state index contributed by atoms with van der Waals surface area (Å²) < 4.78 is 36.5. The Hall–Kier alpha value is -2.87. The minimum atomic E-state index is -4.29. The van der Waals surface area contributed by atoms with Crippen molar-refractivity contribution in [3.05, 3.63) is 59.7 Å². The molecule has 8 heteroatoms. The van der Waals surface area contributed by atoms with Crippen LogP contribution in [-0.2, 0) is 26.2 Å². The van der Waals surface area contributed by atoms with E-state index in [4.69, 9.17) is 8.92 Å². The highest BCUT2D eigenvalue weighted by molar-refractivity contribution is 7.87. The van der Waals surface area contributed by atoms with Gasteiger partial charge < -0.3 is 13.8 Å². The van der Waals surface area contributed by atoms with Crippen LogP contribution in [0.3, 0.4) is 0 Å². The predicted octanol–water partition coefficient (Wildman–Crippen LogP) is 4.56. The molecule has 7 nitrogen and oxygen atoms in total. The van der Waals surface area contributed by atoms with Crippen LogP contribution in [0.1, 0.15) is 62.9 Å². The zero-order valence-corrected chi connectivity index (χ0v) is 20.3. The molecule has 1 saturated carbocycles. The third kappa shape index (κ3) is 6.13. The van der Waals surface area contributed by atoms with Gasteiger partial charge >= 0.3 is 16.1 Å². The molecule has 1 fully saturated rings. The highest BCUT2D eigenvalue weighted by Crippen LogP contribution is 2.30. The Kier molecular flexibility index (Phi) is 7.79. The lowest BCUT2D eigenvalue weighted by atomic mass is 9.84. The number of esters is 1. The van der Waals surface area contributed by atoms with E-state index in [0.29, 0.717) is 6.54 Å². The lowest BCUT2D eigenvalue weighted by molar-refractivity contribution is -0.140. The third-order valence-corrected chi connectivity index (χ3v) is 6.84. The summed E-state index contributed by atoms with van der Waals surface area (Å²) in [5.41, 5.74) is 0.677. The zero-order chi connectivity index (χ0) is 24.2. The molecule has 178 valence electrons. The summed E-state index contributed by atoms with van der Waals surface area (Å²) in [4.78, 5) is 26.7. The smallest absolute Gasteiger partial charge is 0.340 e. The van der Waals surface area contributed by atoms with E-state index >= 15 is 0 Å². The van der Waals surface area contributed by atoms with Crippen molar-refractivity contribution in [2.24, 2.45) is 5.92 Å². The van der Waals surface area contributed by atoms with E-state index in [2.05, 4.69) is 0 Å². The highest BCUT2D eigenvalue weighted by atomic mass is 32.2. The van der Waals surface area contributed by atoms with Crippen LogP contribution in [0.15, 0.2) is 53.4 Å².